The second-order valence-corrected chi connectivity index (χ2v) is 6.25. The van der Waals surface area contributed by atoms with Crippen molar-refractivity contribution in [3.05, 3.63) is 35.9 Å². The number of carbonyl (C=O) groups is 1. The largest absolute Gasteiger partial charge is 0.465 e. The number of esters is 1. The molecule has 5 heteroatoms. The Balaban J connectivity index is 3.13. The molecule has 1 atom stereocenters. The topological polar surface area (TPSA) is 26.3 Å². The summed E-state index contributed by atoms with van der Waals surface area (Å²) in [6.07, 6.45) is -0.0404. The first kappa shape index (κ1) is 18.5. The molecule has 0 bridgehead atoms. The summed E-state index contributed by atoms with van der Waals surface area (Å²) >= 11 is 0. The van der Waals surface area contributed by atoms with Crippen LogP contribution >= 0.6 is 0 Å². The van der Waals surface area contributed by atoms with E-state index in [9.17, 15) is 13.6 Å². The van der Waals surface area contributed by atoms with Gasteiger partial charge in [-0.15, -0.1) is 0 Å². The van der Waals surface area contributed by atoms with Crippen molar-refractivity contribution in [2.45, 2.75) is 52.1 Å². The van der Waals surface area contributed by atoms with Gasteiger partial charge in [-0.3, -0.25) is 4.79 Å². The van der Waals surface area contributed by atoms with E-state index in [-0.39, 0.29) is 12.2 Å². The molecule has 0 aromatic heterocycles. The molecule has 0 aliphatic rings. The average molecular weight is 316 g/mol. The Hall–Kier alpha value is -1.52. The minimum absolute atomic E-state index is 0.140. The molecule has 0 saturated heterocycles. The molecule has 1 aromatic rings. The fraction of sp³-hybridized carbons (Fsp3) is 0.588. The van der Waals surface area contributed by atoms with E-state index in [2.05, 4.69) is 0 Å². The first-order valence-corrected chi connectivity index (χ1v) is 7.34. The smallest absolute Gasteiger partial charge is 0.311 e. The highest BCUT2D eigenvalue weighted by molar-refractivity contribution is 5.76. The Bertz CT molecular complexity index is 494. The van der Waals surface area contributed by atoms with E-state index in [0.717, 1.165) is 0 Å². The van der Waals surface area contributed by atoms with E-state index >= 15 is 4.39 Å². The molecule has 0 amide bonds. The lowest BCUT2D eigenvalue weighted by Gasteiger charge is -2.37. The van der Waals surface area contributed by atoms with Crippen molar-refractivity contribution in [1.82, 2.24) is 0 Å². The highest BCUT2D eigenvalue weighted by Gasteiger charge is 2.56. The van der Waals surface area contributed by atoms with Gasteiger partial charge in [0.1, 0.15) is 0 Å². The molecule has 0 aliphatic heterocycles. The van der Waals surface area contributed by atoms with Crippen LogP contribution in [0.2, 0.25) is 0 Å². The minimum Gasteiger partial charge on any atom is -0.465 e. The van der Waals surface area contributed by atoms with Crippen LogP contribution in [0.25, 0.3) is 0 Å². The van der Waals surface area contributed by atoms with Gasteiger partial charge in [0.05, 0.1) is 12.0 Å². The third-order valence-corrected chi connectivity index (χ3v) is 3.60. The molecule has 0 radical (unpaired) electrons. The van der Waals surface area contributed by atoms with Crippen LogP contribution in [-0.2, 0) is 15.2 Å². The average Bonchev–Trinajstić information content (AvgIpc) is 2.43. The van der Waals surface area contributed by atoms with Crippen LogP contribution < -0.4 is 0 Å². The number of hydrogen-bond donors (Lipinski definition) is 0. The Morgan fingerprint density at radius 1 is 1.09 bits per heavy atom. The van der Waals surface area contributed by atoms with Gasteiger partial charge in [-0.2, -0.15) is 0 Å². The van der Waals surface area contributed by atoms with Gasteiger partial charge in [0.15, 0.2) is 5.67 Å². The zero-order valence-corrected chi connectivity index (χ0v) is 13.5. The molecule has 2 nitrogen and oxygen atoms in total. The van der Waals surface area contributed by atoms with E-state index in [1.807, 2.05) is 6.92 Å². The van der Waals surface area contributed by atoms with Gasteiger partial charge in [0.25, 0.3) is 5.92 Å². The number of halogens is 3. The molecule has 0 heterocycles. The lowest BCUT2D eigenvalue weighted by atomic mass is 9.75. The third kappa shape index (κ3) is 4.02. The lowest BCUT2D eigenvalue weighted by molar-refractivity contribution is -0.170. The van der Waals surface area contributed by atoms with Crippen LogP contribution in [0.15, 0.2) is 30.3 Å². The zero-order chi connectivity index (χ0) is 17.0. The van der Waals surface area contributed by atoms with Gasteiger partial charge in [-0.05, 0) is 25.8 Å². The molecule has 0 saturated carbocycles. The fourth-order valence-electron chi connectivity index (χ4n) is 2.28. The summed E-state index contributed by atoms with van der Waals surface area (Å²) in [6.45, 7) is 5.40. The van der Waals surface area contributed by atoms with Crippen molar-refractivity contribution in [3.8, 4) is 0 Å². The highest BCUT2D eigenvalue weighted by atomic mass is 19.3. The first-order chi connectivity index (χ1) is 10.0. The van der Waals surface area contributed by atoms with E-state index in [1.54, 1.807) is 6.07 Å². The normalized spacial score (nSPS) is 15.2. The van der Waals surface area contributed by atoms with E-state index < -0.39 is 29.4 Å². The van der Waals surface area contributed by atoms with Crippen molar-refractivity contribution in [3.63, 3.8) is 0 Å². The number of alkyl halides is 3. The number of benzene rings is 1. The zero-order valence-electron chi connectivity index (χ0n) is 13.5. The molecular weight excluding hydrogens is 293 g/mol. The Kier molecular flexibility index (Phi) is 5.65. The molecule has 1 rings (SSSR count). The standard InChI is InChI=1S/C17H23F3O2/c1-5-11-22-14(21)15(2,3)12-17(20,16(4,18)19)13-9-7-6-8-10-13/h6-10H,5,11-12H2,1-4H3. The first-order valence-electron chi connectivity index (χ1n) is 7.34. The molecular formula is C17H23F3O2. The minimum atomic E-state index is -3.63. The molecule has 0 fully saturated rings. The van der Waals surface area contributed by atoms with Crippen LogP contribution in [0.3, 0.4) is 0 Å². The van der Waals surface area contributed by atoms with Crippen LogP contribution in [0, 0.1) is 5.41 Å². The maximum Gasteiger partial charge on any atom is 0.311 e. The number of carbonyl (C=O) groups excluding carboxylic acids is 1. The van der Waals surface area contributed by atoms with Crippen LogP contribution in [0.1, 0.15) is 46.1 Å². The quantitative estimate of drug-likeness (QED) is 0.670. The summed E-state index contributed by atoms with van der Waals surface area (Å²) in [5.41, 5.74) is -4.44. The van der Waals surface area contributed by atoms with Gasteiger partial charge in [-0.1, -0.05) is 37.3 Å². The summed E-state index contributed by atoms with van der Waals surface area (Å²) in [5, 5.41) is 0. The van der Waals surface area contributed by atoms with Crippen LogP contribution in [-0.4, -0.2) is 18.5 Å². The lowest BCUT2D eigenvalue weighted by Crippen LogP contribution is -2.45. The molecule has 0 spiro atoms. The Morgan fingerprint density at radius 2 is 1.64 bits per heavy atom. The molecule has 1 unspecified atom stereocenters. The second-order valence-electron chi connectivity index (χ2n) is 6.25. The van der Waals surface area contributed by atoms with E-state index in [4.69, 9.17) is 4.74 Å². The molecule has 22 heavy (non-hydrogen) atoms. The van der Waals surface area contributed by atoms with Gasteiger partial charge in [0.2, 0.25) is 0 Å². The van der Waals surface area contributed by atoms with Gasteiger partial charge < -0.3 is 4.74 Å². The summed E-state index contributed by atoms with van der Waals surface area (Å²) in [7, 11) is 0. The fourth-order valence-corrected chi connectivity index (χ4v) is 2.28. The molecule has 0 N–H and O–H groups in total. The summed E-state index contributed by atoms with van der Waals surface area (Å²) in [6, 6.07) is 7.24. The van der Waals surface area contributed by atoms with Gasteiger partial charge in [-0.25, -0.2) is 13.2 Å². The van der Waals surface area contributed by atoms with Crippen molar-refractivity contribution in [2.24, 2.45) is 5.41 Å². The second kappa shape index (κ2) is 6.71. The molecule has 0 aliphatic carbocycles. The predicted molar refractivity (Wildman–Crippen MR) is 79.5 cm³/mol. The monoisotopic (exact) mass is 316 g/mol. The summed E-state index contributed by atoms with van der Waals surface area (Å²) in [5.74, 6) is -4.30. The molecule has 124 valence electrons. The van der Waals surface area contributed by atoms with Gasteiger partial charge in [0, 0.05) is 13.3 Å². The van der Waals surface area contributed by atoms with E-state index in [1.165, 1.54) is 38.1 Å². The van der Waals surface area contributed by atoms with Crippen molar-refractivity contribution in [2.75, 3.05) is 6.61 Å². The van der Waals surface area contributed by atoms with E-state index in [0.29, 0.717) is 13.3 Å². The maximum absolute atomic E-state index is 15.3. The van der Waals surface area contributed by atoms with Crippen molar-refractivity contribution < 1.29 is 22.7 Å². The van der Waals surface area contributed by atoms with Crippen molar-refractivity contribution >= 4 is 5.97 Å². The van der Waals surface area contributed by atoms with Crippen LogP contribution in [0.5, 0.6) is 0 Å². The van der Waals surface area contributed by atoms with Gasteiger partial charge >= 0.3 is 5.97 Å². The third-order valence-electron chi connectivity index (χ3n) is 3.60. The van der Waals surface area contributed by atoms with Crippen molar-refractivity contribution in [1.29, 1.82) is 0 Å². The highest BCUT2D eigenvalue weighted by Crippen LogP contribution is 2.48. The number of hydrogen-bond acceptors (Lipinski definition) is 2. The van der Waals surface area contributed by atoms with Crippen LogP contribution in [0.4, 0.5) is 13.2 Å². The Morgan fingerprint density at radius 3 is 2.09 bits per heavy atom. The predicted octanol–water partition coefficient (Wildman–Crippen LogP) is 4.88. The summed E-state index contributed by atoms with van der Waals surface area (Å²) in [4.78, 5) is 12.0. The number of ether oxygens (including phenoxy) is 1. The number of rotatable bonds is 7. The summed E-state index contributed by atoms with van der Waals surface area (Å²) < 4.78 is 48.2. The SMILES string of the molecule is CCCOC(=O)C(C)(C)CC(F)(c1ccccc1)C(C)(F)F. The molecule has 1 aromatic carbocycles. The maximum atomic E-state index is 15.3. The Labute approximate surface area is 129 Å².